The maximum Gasteiger partial charge on any atom is 0.319 e. The van der Waals surface area contributed by atoms with Gasteiger partial charge < -0.3 is 25.2 Å². The number of aliphatic hydroxyl groups excluding tert-OH is 1. The second kappa shape index (κ2) is 8.62. The van der Waals surface area contributed by atoms with Gasteiger partial charge in [-0.05, 0) is 30.9 Å². The van der Waals surface area contributed by atoms with E-state index in [1.54, 1.807) is 32.4 Å². The molecule has 0 aromatic heterocycles. The Bertz CT molecular complexity index is 515. The molecule has 1 aliphatic rings. The van der Waals surface area contributed by atoms with Gasteiger partial charge in [-0.25, -0.2) is 4.79 Å². The highest BCUT2D eigenvalue weighted by atomic mass is 16.5. The number of hydrogen-bond donors (Lipinski definition) is 3. The lowest BCUT2D eigenvalue weighted by molar-refractivity contribution is 0.0863. The van der Waals surface area contributed by atoms with Gasteiger partial charge >= 0.3 is 6.03 Å². The van der Waals surface area contributed by atoms with Gasteiger partial charge in [-0.2, -0.15) is 0 Å². The highest BCUT2D eigenvalue weighted by molar-refractivity contribution is 5.89. The minimum absolute atomic E-state index is 0.268. The van der Waals surface area contributed by atoms with Gasteiger partial charge in [0.1, 0.15) is 0 Å². The first-order chi connectivity index (χ1) is 11.1. The summed E-state index contributed by atoms with van der Waals surface area (Å²) in [5, 5.41) is 15.6. The number of aliphatic hydroxyl groups is 1. The predicted octanol–water partition coefficient (Wildman–Crippen LogP) is 2.77. The molecule has 1 unspecified atom stereocenters. The highest BCUT2D eigenvalue weighted by Gasteiger charge is 2.22. The number of hydrogen-bond acceptors (Lipinski definition) is 4. The van der Waals surface area contributed by atoms with Crippen molar-refractivity contribution in [1.82, 2.24) is 5.32 Å². The van der Waals surface area contributed by atoms with Crippen LogP contribution >= 0.6 is 0 Å². The number of benzene rings is 1. The number of anilines is 1. The van der Waals surface area contributed by atoms with Gasteiger partial charge in [0.2, 0.25) is 0 Å². The van der Waals surface area contributed by atoms with E-state index in [1.807, 2.05) is 0 Å². The Morgan fingerprint density at radius 3 is 2.57 bits per heavy atom. The second-order valence-corrected chi connectivity index (χ2v) is 5.87. The lowest BCUT2D eigenvalue weighted by Gasteiger charge is -2.26. The lowest BCUT2D eigenvalue weighted by Crippen LogP contribution is -2.39. The van der Waals surface area contributed by atoms with Crippen LogP contribution in [0.1, 0.15) is 32.1 Å². The number of urea groups is 1. The number of ether oxygens (including phenoxy) is 2. The molecule has 3 N–H and O–H groups in total. The summed E-state index contributed by atoms with van der Waals surface area (Å²) in [6.45, 7) is 0.268. The molecule has 6 heteroatoms. The summed E-state index contributed by atoms with van der Waals surface area (Å²) in [4.78, 5) is 11.9. The molecule has 0 spiro atoms. The van der Waals surface area contributed by atoms with Crippen molar-refractivity contribution in [3.63, 3.8) is 0 Å². The fraction of sp³-hybridized carbons (Fsp3) is 0.588. The average molecular weight is 322 g/mol. The van der Waals surface area contributed by atoms with Crippen molar-refractivity contribution in [2.24, 2.45) is 5.92 Å². The molecule has 0 saturated heterocycles. The molecule has 1 saturated carbocycles. The van der Waals surface area contributed by atoms with Gasteiger partial charge in [0.25, 0.3) is 0 Å². The molecule has 1 fully saturated rings. The summed E-state index contributed by atoms with van der Waals surface area (Å²) in [5.41, 5.74) is 0.604. The molecule has 0 aliphatic heterocycles. The Balaban J connectivity index is 1.82. The van der Waals surface area contributed by atoms with E-state index in [0.717, 1.165) is 12.8 Å². The topological polar surface area (TPSA) is 79.8 Å². The van der Waals surface area contributed by atoms with Crippen LogP contribution in [-0.4, -0.2) is 38.0 Å². The third-order valence-electron chi connectivity index (χ3n) is 4.31. The Morgan fingerprint density at radius 1 is 1.22 bits per heavy atom. The largest absolute Gasteiger partial charge is 0.493 e. The van der Waals surface area contributed by atoms with E-state index in [1.165, 1.54) is 19.3 Å². The summed E-state index contributed by atoms with van der Waals surface area (Å²) in [6.07, 6.45) is 5.18. The molecule has 1 aliphatic carbocycles. The summed E-state index contributed by atoms with van der Waals surface area (Å²) in [6, 6.07) is 4.81. The van der Waals surface area contributed by atoms with Crippen LogP contribution in [0.5, 0.6) is 11.5 Å². The van der Waals surface area contributed by atoms with Crippen LogP contribution in [0.4, 0.5) is 10.5 Å². The van der Waals surface area contributed by atoms with Crippen molar-refractivity contribution in [1.29, 1.82) is 0 Å². The fourth-order valence-corrected chi connectivity index (χ4v) is 2.97. The standard InChI is InChI=1S/C17H26N2O4/c1-22-15-9-8-13(10-16(15)23-2)19-17(21)18-11-14(20)12-6-4-3-5-7-12/h8-10,12,14,20H,3-7,11H2,1-2H3,(H2,18,19,21). The molecule has 23 heavy (non-hydrogen) atoms. The minimum atomic E-state index is -0.480. The van der Waals surface area contributed by atoms with Gasteiger partial charge in [0.15, 0.2) is 11.5 Å². The number of carbonyl (C=O) groups excluding carboxylic acids is 1. The van der Waals surface area contributed by atoms with E-state index in [0.29, 0.717) is 23.1 Å². The molecule has 2 rings (SSSR count). The average Bonchev–Trinajstić information content (AvgIpc) is 2.60. The quantitative estimate of drug-likeness (QED) is 0.752. The van der Waals surface area contributed by atoms with Crippen molar-refractivity contribution in [2.45, 2.75) is 38.2 Å². The third kappa shape index (κ3) is 5.03. The molecule has 128 valence electrons. The van der Waals surface area contributed by atoms with E-state index in [4.69, 9.17) is 9.47 Å². The van der Waals surface area contributed by atoms with Crippen LogP contribution in [0, 0.1) is 5.92 Å². The number of rotatable bonds is 6. The van der Waals surface area contributed by atoms with Crippen LogP contribution < -0.4 is 20.1 Å². The Kier molecular flexibility index (Phi) is 6.52. The first kappa shape index (κ1) is 17.4. The Labute approximate surface area is 137 Å². The van der Waals surface area contributed by atoms with E-state index in [-0.39, 0.29) is 12.6 Å². The molecule has 2 amide bonds. The Morgan fingerprint density at radius 2 is 1.91 bits per heavy atom. The monoisotopic (exact) mass is 322 g/mol. The van der Waals surface area contributed by atoms with Gasteiger partial charge in [0.05, 0.1) is 20.3 Å². The van der Waals surface area contributed by atoms with Crippen molar-refractivity contribution >= 4 is 11.7 Å². The normalized spacial score (nSPS) is 16.5. The zero-order chi connectivity index (χ0) is 16.7. The lowest BCUT2D eigenvalue weighted by atomic mass is 9.85. The summed E-state index contributed by atoms with van der Waals surface area (Å²) < 4.78 is 10.4. The van der Waals surface area contributed by atoms with E-state index in [9.17, 15) is 9.90 Å². The van der Waals surface area contributed by atoms with Crippen LogP contribution in [-0.2, 0) is 0 Å². The molecule has 1 atom stereocenters. The molecular weight excluding hydrogens is 296 g/mol. The zero-order valence-corrected chi connectivity index (χ0v) is 13.8. The smallest absolute Gasteiger partial charge is 0.319 e. The van der Waals surface area contributed by atoms with Crippen LogP contribution in [0.3, 0.4) is 0 Å². The van der Waals surface area contributed by atoms with Gasteiger partial charge in [-0.15, -0.1) is 0 Å². The molecule has 0 radical (unpaired) electrons. The van der Waals surface area contributed by atoms with Crippen molar-refractivity contribution in [3.8, 4) is 11.5 Å². The first-order valence-electron chi connectivity index (χ1n) is 8.09. The van der Waals surface area contributed by atoms with Gasteiger partial charge in [-0.1, -0.05) is 19.3 Å². The molecular formula is C17H26N2O4. The first-order valence-corrected chi connectivity index (χ1v) is 8.09. The molecule has 1 aromatic rings. The number of nitrogens with one attached hydrogen (secondary N) is 2. The summed E-state index contributed by atoms with van der Waals surface area (Å²) in [7, 11) is 3.10. The fourth-order valence-electron chi connectivity index (χ4n) is 2.97. The third-order valence-corrected chi connectivity index (χ3v) is 4.31. The number of amides is 2. The van der Waals surface area contributed by atoms with E-state index < -0.39 is 6.10 Å². The number of methoxy groups -OCH3 is 2. The summed E-state index contributed by atoms with van der Waals surface area (Å²) in [5.74, 6) is 1.45. The van der Waals surface area contributed by atoms with E-state index in [2.05, 4.69) is 10.6 Å². The van der Waals surface area contributed by atoms with Crippen LogP contribution in [0.2, 0.25) is 0 Å². The van der Waals surface area contributed by atoms with Crippen LogP contribution in [0.15, 0.2) is 18.2 Å². The maximum atomic E-state index is 11.9. The van der Waals surface area contributed by atoms with Gasteiger partial charge in [-0.3, -0.25) is 0 Å². The van der Waals surface area contributed by atoms with Gasteiger partial charge in [0, 0.05) is 18.3 Å². The van der Waals surface area contributed by atoms with Crippen molar-refractivity contribution in [2.75, 3.05) is 26.1 Å². The highest BCUT2D eigenvalue weighted by Crippen LogP contribution is 2.29. The summed E-state index contributed by atoms with van der Waals surface area (Å²) >= 11 is 0. The molecule has 6 nitrogen and oxygen atoms in total. The Hall–Kier alpha value is -1.95. The predicted molar refractivity (Wildman–Crippen MR) is 89.1 cm³/mol. The second-order valence-electron chi connectivity index (χ2n) is 5.87. The molecule has 0 heterocycles. The van der Waals surface area contributed by atoms with Crippen molar-refractivity contribution < 1.29 is 19.4 Å². The van der Waals surface area contributed by atoms with E-state index >= 15 is 0 Å². The van der Waals surface area contributed by atoms with Crippen LogP contribution in [0.25, 0.3) is 0 Å². The number of carbonyl (C=O) groups is 1. The molecule has 0 bridgehead atoms. The molecule has 1 aromatic carbocycles. The minimum Gasteiger partial charge on any atom is -0.493 e. The maximum absolute atomic E-state index is 11.9. The SMILES string of the molecule is COc1ccc(NC(=O)NCC(O)C2CCCCC2)cc1OC. The zero-order valence-electron chi connectivity index (χ0n) is 13.8. The van der Waals surface area contributed by atoms with Crippen molar-refractivity contribution in [3.05, 3.63) is 18.2 Å².